The molecule has 2 aromatic carbocycles. The highest BCUT2D eigenvalue weighted by Gasteiger charge is 2.45. The minimum Gasteiger partial charge on any atom is -0.355 e. The fourth-order valence-corrected chi connectivity index (χ4v) is 11.4. The number of benzene rings is 2. The van der Waals surface area contributed by atoms with Crippen molar-refractivity contribution in [3.05, 3.63) is 106 Å². The summed E-state index contributed by atoms with van der Waals surface area (Å²) in [5.74, 6) is 2.30. The first-order chi connectivity index (χ1) is 26.5. The molecule has 2 atom stereocenters. The lowest BCUT2D eigenvalue weighted by atomic mass is 9.86. The Labute approximate surface area is 327 Å². The highest BCUT2D eigenvalue weighted by molar-refractivity contribution is 7.19. The molecule has 10 heteroatoms. The van der Waals surface area contributed by atoms with Crippen molar-refractivity contribution in [2.24, 2.45) is 10.8 Å². The van der Waals surface area contributed by atoms with Crippen LogP contribution in [-0.2, 0) is 25.9 Å². The summed E-state index contributed by atoms with van der Waals surface area (Å²) >= 11 is 3.62. The van der Waals surface area contributed by atoms with Crippen molar-refractivity contribution in [1.82, 2.24) is 29.7 Å². The van der Waals surface area contributed by atoms with Gasteiger partial charge in [-0.1, -0.05) is 74.5 Å². The lowest BCUT2D eigenvalue weighted by Crippen LogP contribution is -2.31. The smallest absolute Gasteiger partial charge is 0.140 e. The second kappa shape index (κ2) is 15.3. The Morgan fingerprint density at radius 1 is 0.537 bits per heavy atom. The maximum Gasteiger partial charge on any atom is 0.140 e. The van der Waals surface area contributed by atoms with Gasteiger partial charge < -0.3 is 9.80 Å². The molecule has 0 saturated carbocycles. The van der Waals surface area contributed by atoms with Gasteiger partial charge in [0.05, 0.1) is 10.8 Å². The molecule has 8 nitrogen and oxygen atoms in total. The Balaban J connectivity index is 0.000000142. The van der Waals surface area contributed by atoms with E-state index in [1.165, 1.54) is 83.5 Å². The van der Waals surface area contributed by atoms with Crippen molar-refractivity contribution in [3.8, 4) is 0 Å². The number of anilines is 2. The molecule has 0 radical (unpaired) electrons. The standard InChI is InChI=1S/2C22H26N4S/c2*1-2-18-12-19-20(23-16-24-21(19)27-18)26-11-9-22(15-26)8-10-25(14-22)13-17-6-4-3-5-7-17/h2*3-7,12,16H,2,8-11,13-15H2,1H3/t2*22-/m10/s1. The van der Waals surface area contributed by atoms with Crippen molar-refractivity contribution in [2.45, 2.75) is 65.5 Å². The topological polar surface area (TPSA) is 64.5 Å². The van der Waals surface area contributed by atoms with E-state index in [0.717, 1.165) is 73.4 Å². The van der Waals surface area contributed by atoms with Gasteiger partial charge in [-0.15, -0.1) is 22.7 Å². The van der Waals surface area contributed by atoms with E-state index < -0.39 is 0 Å². The van der Waals surface area contributed by atoms with E-state index in [1.807, 2.05) is 22.7 Å². The van der Waals surface area contributed by atoms with Crippen molar-refractivity contribution >= 4 is 54.7 Å². The first-order valence-electron chi connectivity index (χ1n) is 20.0. The van der Waals surface area contributed by atoms with Crippen LogP contribution in [0.25, 0.3) is 20.4 Å². The van der Waals surface area contributed by atoms with E-state index >= 15 is 0 Å². The maximum absolute atomic E-state index is 4.69. The molecular formula is C44H52N8S2. The van der Waals surface area contributed by atoms with Crippen LogP contribution in [0.3, 0.4) is 0 Å². The van der Waals surface area contributed by atoms with Crippen molar-refractivity contribution < 1.29 is 0 Å². The average molecular weight is 757 g/mol. The summed E-state index contributed by atoms with van der Waals surface area (Å²) in [5, 5.41) is 2.49. The van der Waals surface area contributed by atoms with Crippen LogP contribution in [0.4, 0.5) is 11.6 Å². The number of aryl methyl sites for hydroxylation is 2. The summed E-state index contributed by atoms with van der Waals surface area (Å²) in [6.07, 6.45) is 10.8. The van der Waals surface area contributed by atoms with E-state index in [4.69, 9.17) is 0 Å². The summed E-state index contributed by atoms with van der Waals surface area (Å²) in [6.45, 7) is 15.9. The van der Waals surface area contributed by atoms with Gasteiger partial charge in [-0.2, -0.15) is 0 Å². The molecule has 280 valence electrons. The Kier molecular flexibility index (Phi) is 10.1. The molecule has 10 rings (SSSR count). The molecule has 4 aliphatic heterocycles. The first-order valence-corrected chi connectivity index (χ1v) is 21.6. The minimum absolute atomic E-state index is 0.426. The van der Waals surface area contributed by atoms with E-state index in [-0.39, 0.29) is 0 Å². The number of fused-ring (bicyclic) bond motifs is 2. The maximum atomic E-state index is 4.69. The van der Waals surface area contributed by atoms with Crippen LogP contribution in [0.5, 0.6) is 0 Å². The van der Waals surface area contributed by atoms with E-state index in [1.54, 1.807) is 12.7 Å². The second-order valence-corrected chi connectivity index (χ2v) is 18.4. The van der Waals surface area contributed by atoms with Crippen LogP contribution in [0.2, 0.25) is 0 Å². The predicted octanol–water partition coefficient (Wildman–Crippen LogP) is 8.71. The molecule has 4 saturated heterocycles. The minimum atomic E-state index is 0.426. The van der Waals surface area contributed by atoms with Gasteiger partial charge in [0.15, 0.2) is 0 Å². The third-order valence-electron chi connectivity index (χ3n) is 12.4. The summed E-state index contributed by atoms with van der Waals surface area (Å²) in [6, 6.07) is 26.3. The summed E-state index contributed by atoms with van der Waals surface area (Å²) in [7, 11) is 0. The third kappa shape index (κ3) is 7.38. The summed E-state index contributed by atoms with van der Waals surface area (Å²) < 4.78 is 0. The number of nitrogens with zero attached hydrogens (tertiary/aromatic N) is 8. The van der Waals surface area contributed by atoms with Gasteiger partial charge in [-0.25, -0.2) is 19.9 Å². The SMILES string of the molecule is CCc1cc2c(N3CC[C@@]4(CCN(Cc5ccccc5)C4)C3)ncnc2s1.CCc1cc2c(N3CC[C@]4(CCN(Cc5ccccc5)C4)C3)ncnc2s1. The van der Waals surface area contributed by atoms with Gasteiger partial charge >= 0.3 is 0 Å². The molecule has 54 heavy (non-hydrogen) atoms. The number of aromatic nitrogens is 4. The first kappa shape index (κ1) is 35.7. The normalized spacial score (nSPS) is 23.1. The molecule has 4 fully saturated rings. The van der Waals surface area contributed by atoms with Crippen LogP contribution < -0.4 is 9.80 Å². The van der Waals surface area contributed by atoms with E-state index in [2.05, 4.69) is 126 Å². The van der Waals surface area contributed by atoms with Gasteiger partial charge in [0.2, 0.25) is 0 Å². The molecule has 0 amide bonds. The predicted molar refractivity (Wildman–Crippen MR) is 225 cm³/mol. The van der Waals surface area contributed by atoms with Gasteiger partial charge in [0.1, 0.15) is 34.0 Å². The van der Waals surface area contributed by atoms with Crippen molar-refractivity contribution in [2.75, 3.05) is 62.2 Å². The summed E-state index contributed by atoms with van der Waals surface area (Å²) in [5.41, 5.74) is 3.70. The number of hydrogen-bond acceptors (Lipinski definition) is 10. The number of rotatable bonds is 8. The van der Waals surface area contributed by atoms with E-state index in [9.17, 15) is 0 Å². The number of likely N-dealkylation sites (tertiary alicyclic amines) is 2. The largest absolute Gasteiger partial charge is 0.355 e. The monoisotopic (exact) mass is 756 g/mol. The molecule has 0 bridgehead atoms. The molecule has 6 aromatic rings. The van der Waals surface area contributed by atoms with Gasteiger partial charge in [-0.3, -0.25) is 9.80 Å². The molecule has 2 spiro atoms. The Bertz CT molecular complexity index is 2030. The van der Waals surface area contributed by atoms with Crippen LogP contribution in [0, 0.1) is 10.8 Å². The van der Waals surface area contributed by atoms with Crippen molar-refractivity contribution in [3.63, 3.8) is 0 Å². The van der Waals surface area contributed by atoms with Gasteiger partial charge in [0.25, 0.3) is 0 Å². The zero-order valence-electron chi connectivity index (χ0n) is 31.8. The molecule has 8 heterocycles. The van der Waals surface area contributed by atoms with Crippen LogP contribution in [0.15, 0.2) is 85.5 Å². The fraction of sp³-hybridized carbons (Fsp3) is 0.455. The Hall–Kier alpha value is -3.96. The zero-order valence-corrected chi connectivity index (χ0v) is 33.4. The molecule has 4 aromatic heterocycles. The Morgan fingerprint density at radius 2 is 0.963 bits per heavy atom. The quantitative estimate of drug-likeness (QED) is 0.153. The molecule has 0 aliphatic carbocycles. The number of hydrogen-bond donors (Lipinski definition) is 0. The van der Waals surface area contributed by atoms with Crippen molar-refractivity contribution in [1.29, 1.82) is 0 Å². The van der Waals surface area contributed by atoms with Crippen LogP contribution in [-0.4, -0.2) is 82.1 Å². The van der Waals surface area contributed by atoms with Crippen LogP contribution in [0.1, 0.15) is 60.4 Å². The molecule has 0 N–H and O–H groups in total. The zero-order chi connectivity index (χ0) is 36.5. The number of thiophene rings is 2. The van der Waals surface area contributed by atoms with Gasteiger partial charge in [0, 0.05) is 72.9 Å². The lowest BCUT2D eigenvalue weighted by Gasteiger charge is -2.25. The molecule has 0 unspecified atom stereocenters. The lowest BCUT2D eigenvalue weighted by molar-refractivity contribution is 0.270. The highest BCUT2D eigenvalue weighted by atomic mass is 32.1. The van der Waals surface area contributed by atoms with E-state index in [0.29, 0.717) is 10.8 Å². The Morgan fingerprint density at radius 3 is 1.39 bits per heavy atom. The van der Waals surface area contributed by atoms with Crippen LogP contribution >= 0.6 is 22.7 Å². The molecule has 4 aliphatic rings. The highest BCUT2D eigenvalue weighted by Crippen LogP contribution is 2.44. The second-order valence-electron chi connectivity index (χ2n) is 16.2. The van der Waals surface area contributed by atoms with Gasteiger partial charge in [-0.05, 0) is 74.9 Å². The third-order valence-corrected chi connectivity index (χ3v) is 14.8. The fourth-order valence-electron chi connectivity index (χ4n) is 9.55. The molecular weight excluding hydrogens is 705 g/mol. The average Bonchev–Trinajstić information content (AvgIpc) is 4.07. The summed E-state index contributed by atoms with van der Waals surface area (Å²) in [4.78, 5) is 33.7.